The highest BCUT2D eigenvalue weighted by Gasteiger charge is 2.43. The average Bonchev–Trinajstić information content (AvgIpc) is 3.01. The molecule has 4 rings (SSSR count). The van der Waals surface area contributed by atoms with Crippen LogP contribution < -0.4 is 0 Å². The quantitative estimate of drug-likeness (QED) is 0.574. The zero-order valence-electron chi connectivity index (χ0n) is 16.0. The minimum atomic E-state index is -0.871. The first-order chi connectivity index (χ1) is 14.0. The van der Waals surface area contributed by atoms with E-state index < -0.39 is 17.4 Å². The molecule has 146 valence electrons. The Morgan fingerprint density at radius 3 is 1.90 bits per heavy atom. The van der Waals surface area contributed by atoms with Gasteiger partial charge in [-0.2, -0.15) is 0 Å². The summed E-state index contributed by atoms with van der Waals surface area (Å²) in [6.45, 7) is 0. The highest BCUT2D eigenvalue weighted by Crippen LogP contribution is 2.54. The molecule has 2 N–H and O–H groups in total. The maximum absolute atomic E-state index is 11.4. The smallest absolute Gasteiger partial charge is 0.303 e. The highest BCUT2D eigenvalue weighted by atomic mass is 16.4. The molecule has 0 aromatic heterocycles. The van der Waals surface area contributed by atoms with Gasteiger partial charge in [-0.25, -0.2) is 0 Å². The minimum Gasteiger partial charge on any atom is -0.481 e. The lowest BCUT2D eigenvalue weighted by Crippen LogP contribution is -2.27. The summed E-state index contributed by atoms with van der Waals surface area (Å²) in [5, 5.41) is 18.8. The molecule has 0 saturated heterocycles. The third-order valence-corrected chi connectivity index (χ3v) is 5.91. The van der Waals surface area contributed by atoms with Gasteiger partial charge in [-0.1, -0.05) is 66.7 Å². The summed E-state index contributed by atoms with van der Waals surface area (Å²) in [5.74, 6) is -1.74. The zero-order chi connectivity index (χ0) is 20.4. The van der Waals surface area contributed by atoms with Gasteiger partial charge in [-0.3, -0.25) is 9.59 Å². The molecule has 3 aromatic rings. The lowest BCUT2D eigenvalue weighted by Gasteiger charge is -2.32. The fourth-order valence-corrected chi connectivity index (χ4v) is 4.57. The molecule has 4 heteroatoms. The van der Waals surface area contributed by atoms with Gasteiger partial charge in [0.25, 0.3) is 0 Å². The van der Waals surface area contributed by atoms with Gasteiger partial charge in [0.2, 0.25) is 0 Å². The SMILES string of the molecule is O=C(O)CCC1(CCC(=O)O)c2ccccc2-c2ccc(-c3ccccc3)cc21. The number of benzene rings is 3. The third-order valence-electron chi connectivity index (χ3n) is 5.91. The van der Waals surface area contributed by atoms with Crippen molar-refractivity contribution in [2.75, 3.05) is 0 Å². The molecule has 4 nitrogen and oxygen atoms in total. The Balaban J connectivity index is 1.91. The van der Waals surface area contributed by atoms with Gasteiger partial charge in [0.1, 0.15) is 0 Å². The third kappa shape index (κ3) is 3.42. The molecular formula is C25H22O4. The van der Waals surface area contributed by atoms with Crippen molar-refractivity contribution in [1.29, 1.82) is 0 Å². The molecule has 1 aliphatic rings. The van der Waals surface area contributed by atoms with Gasteiger partial charge in [0, 0.05) is 18.3 Å². The Morgan fingerprint density at radius 2 is 1.24 bits per heavy atom. The molecule has 1 aliphatic carbocycles. The van der Waals surface area contributed by atoms with E-state index >= 15 is 0 Å². The van der Waals surface area contributed by atoms with Gasteiger partial charge >= 0.3 is 11.9 Å². The molecule has 0 fully saturated rings. The molecule has 0 saturated carbocycles. The standard InChI is InChI=1S/C25H22O4/c26-23(27)12-14-25(15-13-24(28)29)21-9-5-4-8-19(21)20-11-10-18(16-22(20)25)17-6-2-1-3-7-17/h1-11,16H,12-15H2,(H,26,27)(H,28,29). The summed E-state index contributed by atoms with van der Waals surface area (Å²) < 4.78 is 0. The van der Waals surface area contributed by atoms with E-state index in [1.807, 2.05) is 54.6 Å². The van der Waals surface area contributed by atoms with Crippen LogP contribution in [0.3, 0.4) is 0 Å². The Bertz CT molecular complexity index is 1050. The van der Waals surface area contributed by atoms with E-state index in [0.717, 1.165) is 33.4 Å². The fraction of sp³-hybridized carbons (Fsp3) is 0.200. The Morgan fingerprint density at radius 1 is 0.655 bits per heavy atom. The van der Waals surface area contributed by atoms with Crippen LogP contribution in [0.2, 0.25) is 0 Å². The Hall–Kier alpha value is -3.40. The summed E-state index contributed by atoms with van der Waals surface area (Å²) in [5.41, 5.74) is 5.70. The number of carboxylic acid groups (broad SMARTS) is 2. The number of hydrogen-bond acceptors (Lipinski definition) is 2. The summed E-state index contributed by atoms with van der Waals surface area (Å²) >= 11 is 0. The van der Waals surface area contributed by atoms with Crippen LogP contribution in [-0.4, -0.2) is 22.2 Å². The maximum atomic E-state index is 11.4. The first-order valence-corrected chi connectivity index (χ1v) is 9.75. The molecule has 0 radical (unpaired) electrons. The van der Waals surface area contributed by atoms with E-state index in [2.05, 4.69) is 18.2 Å². The summed E-state index contributed by atoms with van der Waals surface area (Å²) in [6.07, 6.45) is 0.724. The molecular weight excluding hydrogens is 364 g/mol. The minimum absolute atomic E-state index is 0.0110. The van der Waals surface area contributed by atoms with Gasteiger partial charge in [0.05, 0.1) is 0 Å². The van der Waals surface area contributed by atoms with E-state index in [4.69, 9.17) is 0 Å². The lowest BCUT2D eigenvalue weighted by atomic mass is 9.71. The molecule has 3 aromatic carbocycles. The van der Waals surface area contributed by atoms with Crippen LogP contribution in [0.4, 0.5) is 0 Å². The van der Waals surface area contributed by atoms with Crippen LogP contribution in [0, 0.1) is 0 Å². The van der Waals surface area contributed by atoms with Crippen LogP contribution in [0.1, 0.15) is 36.8 Å². The van der Waals surface area contributed by atoms with Gasteiger partial charge in [0.15, 0.2) is 0 Å². The molecule has 0 atom stereocenters. The predicted molar refractivity (Wildman–Crippen MR) is 112 cm³/mol. The number of aliphatic carboxylic acids is 2. The predicted octanol–water partition coefficient (Wildman–Crippen LogP) is 5.35. The molecule has 0 amide bonds. The van der Waals surface area contributed by atoms with Gasteiger partial charge in [-0.05, 0) is 52.3 Å². The molecule has 29 heavy (non-hydrogen) atoms. The van der Waals surface area contributed by atoms with Crippen molar-refractivity contribution in [1.82, 2.24) is 0 Å². The zero-order valence-corrected chi connectivity index (χ0v) is 16.0. The highest BCUT2D eigenvalue weighted by molar-refractivity contribution is 5.84. The average molecular weight is 386 g/mol. The topological polar surface area (TPSA) is 74.6 Å². The first-order valence-electron chi connectivity index (χ1n) is 9.75. The van der Waals surface area contributed by atoms with Crippen molar-refractivity contribution >= 4 is 11.9 Å². The van der Waals surface area contributed by atoms with Crippen molar-refractivity contribution in [2.45, 2.75) is 31.1 Å². The van der Waals surface area contributed by atoms with Crippen molar-refractivity contribution in [3.63, 3.8) is 0 Å². The van der Waals surface area contributed by atoms with Crippen molar-refractivity contribution in [3.05, 3.63) is 83.9 Å². The number of rotatable bonds is 7. The molecule has 0 heterocycles. The van der Waals surface area contributed by atoms with Crippen LogP contribution >= 0.6 is 0 Å². The second-order valence-electron chi connectivity index (χ2n) is 7.54. The second-order valence-corrected chi connectivity index (χ2v) is 7.54. The van der Waals surface area contributed by atoms with E-state index in [-0.39, 0.29) is 12.8 Å². The second kappa shape index (κ2) is 7.55. The van der Waals surface area contributed by atoms with E-state index in [9.17, 15) is 19.8 Å². The van der Waals surface area contributed by atoms with E-state index in [0.29, 0.717) is 12.8 Å². The summed E-state index contributed by atoms with van der Waals surface area (Å²) in [6, 6.07) is 24.3. The molecule has 0 unspecified atom stereocenters. The number of hydrogen-bond donors (Lipinski definition) is 2. The Labute approximate surface area is 169 Å². The van der Waals surface area contributed by atoms with Crippen LogP contribution in [0.25, 0.3) is 22.3 Å². The van der Waals surface area contributed by atoms with Crippen LogP contribution in [-0.2, 0) is 15.0 Å². The van der Waals surface area contributed by atoms with Crippen LogP contribution in [0.15, 0.2) is 72.8 Å². The normalized spacial score (nSPS) is 13.5. The molecule has 0 spiro atoms. The molecule has 0 aliphatic heterocycles. The van der Waals surface area contributed by atoms with Crippen molar-refractivity contribution in [3.8, 4) is 22.3 Å². The summed E-state index contributed by atoms with van der Waals surface area (Å²) in [7, 11) is 0. The van der Waals surface area contributed by atoms with Crippen LogP contribution in [0.5, 0.6) is 0 Å². The number of carbonyl (C=O) groups is 2. The lowest BCUT2D eigenvalue weighted by molar-refractivity contribution is -0.137. The fourth-order valence-electron chi connectivity index (χ4n) is 4.57. The van der Waals surface area contributed by atoms with Crippen molar-refractivity contribution < 1.29 is 19.8 Å². The van der Waals surface area contributed by atoms with Gasteiger partial charge < -0.3 is 10.2 Å². The molecule has 0 bridgehead atoms. The van der Waals surface area contributed by atoms with E-state index in [1.165, 1.54) is 0 Å². The van der Waals surface area contributed by atoms with Gasteiger partial charge in [-0.15, -0.1) is 0 Å². The Kier molecular flexibility index (Phi) is 4.93. The van der Waals surface area contributed by atoms with E-state index in [1.54, 1.807) is 0 Å². The first kappa shape index (κ1) is 18.9. The maximum Gasteiger partial charge on any atom is 0.303 e. The number of carboxylic acids is 2. The number of fused-ring (bicyclic) bond motifs is 3. The van der Waals surface area contributed by atoms with Crippen molar-refractivity contribution in [2.24, 2.45) is 0 Å². The summed E-state index contributed by atoms with van der Waals surface area (Å²) in [4.78, 5) is 22.9. The largest absolute Gasteiger partial charge is 0.481 e. The monoisotopic (exact) mass is 386 g/mol.